The lowest BCUT2D eigenvalue weighted by atomic mass is 9.95. The van der Waals surface area contributed by atoms with Crippen LogP contribution < -0.4 is 15.4 Å². The number of rotatable bonds is 5. The van der Waals surface area contributed by atoms with E-state index in [9.17, 15) is 18.0 Å². The Morgan fingerprint density at radius 2 is 1.88 bits per heavy atom. The van der Waals surface area contributed by atoms with E-state index in [4.69, 9.17) is 4.74 Å². The number of hydrogen-bond acceptors (Lipinski definition) is 4. The molecule has 8 heteroatoms. The molecule has 0 radical (unpaired) electrons. The van der Waals surface area contributed by atoms with E-state index in [2.05, 4.69) is 15.6 Å². The van der Waals surface area contributed by atoms with Crippen LogP contribution in [0.5, 0.6) is 5.75 Å². The molecule has 0 bridgehead atoms. The highest BCUT2D eigenvalue weighted by Gasteiger charge is 2.35. The van der Waals surface area contributed by atoms with Crippen molar-refractivity contribution in [2.75, 3.05) is 19.0 Å². The number of alkyl halides is 3. The van der Waals surface area contributed by atoms with Crippen LogP contribution in [0.1, 0.15) is 28.4 Å². The number of nitrogens with one attached hydrogen (secondary N) is 2. The van der Waals surface area contributed by atoms with Crippen LogP contribution >= 0.6 is 0 Å². The zero-order valence-corrected chi connectivity index (χ0v) is 18.1. The molecular formula is C25H22F3N3O2. The number of benzene rings is 3. The van der Waals surface area contributed by atoms with Gasteiger partial charge in [-0.15, -0.1) is 0 Å². The molecule has 0 saturated heterocycles. The Morgan fingerprint density at radius 1 is 1.09 bits per heavy atom. The standard InChI is InChI=1S/C25H22F3N3O2/c1-3-33-19-9-5-6-15(11-19)20-12-17-13-23(31-22(17)14-21(20)25(26,27)28)30-18-8-4-7-16(10-18)24(32)29-2/h4-12,14H,3,13H2,1-2H3,(H,29,32)(H,30,31). The van der Waals surface area contributed by atoms with Crippen LogP contribution in [-0.4, -0.2) is 25.4 Å². The largest absolute Gasteiger partial charge is 0.494 e. The quantitative estimate of drug-likeness (QED) is 0.511. The highest BCUT2D eigenvalue weighted by molar-refractivity contribution is 6.03. The van der Waals surface area contributed by atoms with Gasteiger partial charge >= 0.3 is 6.18 Å². The number of nitrogens with zero attached hydrogens (tertiary/aromatic N) is 1. The van der Waals surface area contributed by atoms with Gasteiger partial charge in [0.15, 0.2) is 0 Å². The number of carbonyl (C=O) groups is 1. The van der Waals surface area contributed by atoms with Crippen molar-refractivity contribution in [1.82, 2.24) is 5.32 Å². The molecule has 0 unspecified atom stereocenters. The van der Waals surface area contributed by atoms with Crippen LogP contribution in [0.3, 0.4) is 0 Å². The maximum absolute atomic E-state index is 13.9. The van der Waals surface area contributed by atoms with Crippen LogP contribution in [0.2, 0.25) is 0 Å². The number of fused-ring (bicyclic) bond motifs is 1. The fraction of sp³-hybridized carbons (Fsp3) is 0.200. The number of halogens is 3. The summed E-state index contributed by atoms with van der Waals surface area (Å²) in [6.45, 7) is 2.24. The van der Waals surface area contributed by atoms with E-state index in [1.165, 1.54) is 0 Å². The minimum absolute atomic E-state index is 0.0841. The van der Waals surface area contributed by atoms with Crippen molar-refractivity contribution in [3.05, 3.63) is 77.4 Å². The number of carbonyl (C=O) groups excluding carboxylic acids is 1. The van der Waals surface area contributed by atoms with Crippen molar-refractivity contribution in [1.29, 1.82) is 0 Å². The molecule has 3 aromatic rings. The van der Waals surface area contributed by atoms with Crippen LogP contribution in [-0.2, 0) is 12.6 Å². The first-order valence-electron chi connectivity index (χ1n) is 10.4. The molecule has 1 aliphatic rings. The molecule has 5 nitrogen and oxygen atoms in total. The van der Waals surface area contributed by atoms with E-state index in [1.54, 1.807) is 61.6 Å². The summed E-state index contributed by atoms with van der Waals surface area (Å²) in [5.74, 6) is 0.787. The summed E-state index contributed by atoms with van der Waals surface area (Å²) in [6, 6.07) is 16.1. The van der Waals surface area contributed by atoms with Crippen LogP contribution in [0.4, 0.5) is 24.5 Å². The molecule has 1 amide bonds. The number of anilines is 1. The molecule has 0 spiro atoms. The van der Waals surface area contributed by atoms with Gasteiger partial charge in [-0.1, -0.05) is 18.2 Å². The van der Waals surface area contributed by atoms with Gasteiger partial charge in [0.25, 0.3) is 5.91 Å². The van der Waals surface area contributed by atoms with Crippen molar-refractivity contribution < 1.29 is 22.7 Å². The van der Waals surface area contributed by atoms with Gasteiger partial charge in [-0.3, -0.25) is 4.79 Å². The van der Waals surface area contributed by atoms with Gasteiger partial charge < -0.3 is 15.4 Å². The normalized spacial score (nSPS) is 12.7. The molecular weight excluding hydrogens is 431 g/mol. The molecule has 170 valence electrons. The maximum Gasteiger partial charge on any atom is 0.417 e. The Morgan fingerprint density at radius 3 is 2.61 bits per heavy atom. The highest BCUT2D eigenvalue weighted by Crippen LogP contribution is 2.43. The maximum atomic E-state index is 13.9. The topological polar surface area (TPSA) is 62.7 Å². The first-order valence-corrected chi connectivity index (χ1v) is 10.4. The van der Waals surface area contributed by atoms with Crippen molar-refractivity contribution in [2.45, 2.75) is 19.5 Å². The molecule has 0 aliphatic carbocycles. The zero-order chi connectivity index (χ0) is 23.6. The zero-order valence-electron chi connectivity index (χ0n) is 18.1. The number of amidine groups is 1. The van der Waals surface area contributed by atoms with Crippen molar-refractivity contribution in [3.63, 3.8) is 0 Å². The number of aliphatic imine (C=N–C) groups is 1. The molecule has 3 aromatic carbocycles. The summed E-state index contributed by atoms with van der Waals surface area (Å²) in [6.07, 6.45) is -4.20. The summed E-state index contributed by atoms with van der Waals surface area (Å²) in [5, 5.41) is 5.68. The smallest absolute Gasteiger partial charge is 0.417 e. The summed E-state index contributed by atoms with van der Waals surface area (Å²) in [5.41, 5.74) is 1.82. The van der Waals surface area contributed by atoms with Crippen molar-refractivity contribution in [2.24, 2.45) is 4.99 Å². The van der Waals surface area contributed by atoms with Crippen molar-refractivity contribution >= 4 is 23.1 Å². The van der Waals surface area contributed by atoms with Gasteiger partial charge in [0.05, 0.1) is 17.9 Å². The molecule has 2 N–H and O–H groups in total. The highest BCUT2D eigenvalue weighted by atomic mass is 19.4. The lowest BCUT2D eigenvalue weighted by Gasteiger charge is -2.15. The summed E-state index contributed by atoms with van der Waals surface area (Å²) < 4.78 is 47.2. The van der Waals surface area contributed by atoms with E-state index < -0.39 is 11.7 Å². The van der Waals surface area contributed by atoms with Gasteiger partial charge in [-0.05, 0) is 66.1 Å². The van der Waals surface area contributed by atoms with Gasteiger partial charge in [0.2, 0.25) is 0 Å². The lowest BCUT2D eigenvalue weighted by Crippen LogP contribution is -2.18. The Balaban J connectivity index is 1.67. The lowest BCUT2D eigenvalue weighted by molar-refractivity contribution is -0.137. The second kappa shape index (κ2) is 8.97. The van der Waals surface area contributed by atoms with E-state index in [0.29, 0.717) is 47.0 Å². The molecule has 33 heavy (non-hydrogen) atoms. The Hall–Kier alpha value is -3.81. The molecule has 4 rings (SSSR count). The number of ether oxygens (including phenoxy) is 1. The summed E-state index contributed by atoms with van der Waals surface area (Å²) in [7, 11) is 1.54. The Labute approximate surface area is 189 Å². The minimum atomic E-state index is -4.54. The van der Waals surface area contributed by atoms with Crippen LogP contribution in [0, 0.1) is 0 Å². The monoisotopic (exact) mass is 453 g/mol. The predicted molar refractivity (Wildman–Crippen MR) is 122 cm³/mol. The Bertz CT molecular complexity index is 1240. The average Bonchev–Trinajstić information content (AvgIpc) is 3.19. The predicted octanol–water partition coefficient (Wildman–Crippen LogP) is 5.83. The third-order valence-corrected chi connectivity index (χ3v) is 5.23. The van der Waals surface area contributed by atoms with Crippen molar-refractivity contribution in [3.8, 4) is 16.9 Å². The number of hydrogen-bond donors (Lipinski definition) is 2. The molecule has 1 heterocycles. The third kappa shape index (κ3) is 4.84. The van der Waals surface area contributed by atoms with E-state index in [-0.39, 0.29) is 17.2 Å². The van der Waals surface area contributed by atoms with Crippen LogP contribution in [0.25, 0.3) is 11.1 Å². The van der Waals surface area contributed by atoms with E-state index >= 15 is 0 Å². The molecule has 0 atom stereocenters. The second-order valence-corrected chi connectivity index (χ2v) is 7.51. The summed E-state index contributed by atoms with van der Waals surface area (Å²) in [4.78, 5) is 16.2. The van der Waals surface area contributed by atoms with Crippen LogP contribution in [0.15, 0.2) is 65.7 Å². The SMILES string of the molecule is CCOc1cccc(-c2cc3c(cc2C(F)(F)F)N=C(Nc2cccc(C(=O)NC)c2)C3)c1. The molecule has 0 fully saturated rings. The third-order valence-electron chi connectivity index (χ3n) is 5.23. The van der Waals surface area contributed by atoms with Gasteiger partial charge in [0, 0.05) is 24.7 Å². The van der Waals surface area contributed by atoms with Gasteiger partial charge in [-0.2, -0.15) is 13.2 Å². The Kier molecular flexibility index (Phi) is 6.09. The first-order chi connectivity index (χ1) is 15.8. The fourth-order valence-electron chi connectivity index (χ4n) is 3.76. The fourth-order valence-corrected chi connectivity index (χ4v) is 3.76. The van der Waals surface area contributed by atoms with Gasteiger partial charge in [-0.25, -0.2) is 4.99 Å². The average molecular weight is 453 g/mol. The molecule has 0 aromatic heterocycles. The van der Waals surface area contributed by atoms with E-state index in [0.717, 1.165) is 6.07 Å². The second-order valence-electron chi connectivity index (χ2n) is 7.51. The minimum Gasteiger partial charge on any atom is -0.494 e. The number of amides is 1. The molecule has 1 aliphatic heterocycles. The van der Waals surface area contributed by atoms with Gasteiger partial charge in [0.1, 0.15) is 11.6 Å². The first kappa shape index (κ1) is 22.4. The summed E-state index contributed by atoms with van der Waals surface area (Å²) >= 11 is 0. The van der Waals surface area contributed by atoms with E-state index in [1.807, 2.05) is 6.92 Å². The molecule has 0 saturated carbocycles.